The van der Waals surface area contributed by atoms with Gasteiger partial charge in [0, 0.05) is 25.6 Å². The molecule has 0 bridgehead atoms. The minimum absolute atomic E-state index is 0.0198. The molecular formula is C16H19NO4S. The van der Waals surface area contributed by atoms with E-state index in [1.165, 1.54) is 25.8 Å². The SMILES string of the molecule is COC(=O)c1cccc(C)c1N1CC(CSC(C)=O)CC1=O. The Morgan fingerprint density at radius 3 is 2.77 bits per heavy atom. The molecule has 0 spiro atoms. The van der Waals surface area contributed by atoms with Crippen molar-refractivity contribution in [2.45, 2.75) is 20.3 Å². The molecule has 1 aromatic rings. The van der Waals surface area contributed by atoms with Gasteiger partial charge >= 0.3 is 5.97 Å². The molecule has 5 nitrogen and oxygen atoms in total. The minimum atomic E-state index is -0.451. The van der Waals surface area contributed by atoms with E-state index >= 15 is 0 Å². The van der Waals surface area contributed by atoms with E-state index in [4.69, 9.17) is 4.74 Å². The van der Waals surface area contributed by atoms with Gasteiger partial charge < -0.3 is 9.64 Å². The number of rotatable bonds is 4. The monoisotopic (exact) mass is 321 g/mol. The normalized spacial score (nSPS) is 17.7. The molecule has 1 amide bonds. The second-order valence-corrected chi connectivity index (χ2v) is 6.54. The Hall–Kier alpha value is -1.82. The summed E-state index contributed by atoms with van der Waals surface area (Å²) in [5, 5.41) is 0.0528. The van der Waals surface area contributed by atoms with E-state index in [2.05, 4.69) is 0 Å². The third-order valence-corrected chi connectivity index (χ3v) is 4.69. The van der Waals surface area contributed by atoms with Crippen molar-refractivity contribution < 1.29 is 19.1 Å². The van der Waals surface area contributed by atoms with E-state index in [9.17, 15) is 14.4 Å². The van der Waals surface area contributed by atoms with Crippen LogP contribution < -0.4 is 4.90 Å². The lowest BCUT2D eigenvalue weighted by Gasteiger charge is -2.21. The Bertz CT molecular complexity index is 614. The maximum atomic E-state index is 12.3. The van der Waals surface area contributed by atoms with Crippen LogP contribution in [0, 0.1) is 12.8 Å². The van der Waals surface area contributed by atoms with Crippen molar-refractivity contribution in [2.75, 3.05) is 24.3 Å². The molecule has 1 fully saturated rings. The van der Waals surface area contributed by atoms with Crippen LogP contribution >= 0.6 is 11.8 Å². The maximum Gasteiger partial charge on any atom is 0.339 e. The second-order valence-electron chi connectivity index (χ2n) is 5.34. The van der Waals surface area contributed by atoms with Crippen LogP contribution in [0.5, 0.6) is 0 Å². The summed E-state index contributed by atoms with van der Waals surface area (Å²) in [6.07, 6.45) is 0.398. The number of methoxy groups -OCH3 is 1. The molecule has 1 heterocycles. The first-order valence-electron chi connectivity index (χ1n) is 7.05. The van der Waals surface area contributed by atoms with Crippen LogP contribution in [0.3, 0.4) is 0 Å². The van der Waals surface area contributed by atoms with E-state index in [1.54, 1.807) is 17.0 Å². The van der Waals surface area contributed by atoms with Gasteiger partial charge in [-0.25, -0.2) is 4.79 Å². The number of nitrogens with zero attached hydrogens (tertiary/aromatic N) is 1. The highest BCUT2D eigenvalue weighted by molar-refractivity contribution is 8.13. The van der Waals surface area contributed by atoms with Crippen LogP contribution in [0.1, 0.15) is 29.3 Å². The Kier molecular flexibility index (Phi) is 5.24. The number of amides is 1. The average Bonchev–Trinajstić information content (AvgIpc) is 2.84. The quantitative estimate of drug-likeness (QED) is 0.797. The Balaban J connectivity index is 2.26. The van der Waals surface area contributed by atoms with Gasteiger partial charge in [-0.15, -0.1) is 0 Å². The van der Waals surface area contributed by atoms with Gasteiger partial charge in [-0.05, 0) is 24.5 Å². The van der Waals surface area contributed by atoms with Crippen molar-refractivity contribution in [3.8, 4) is 0 Å². The van der Waals surface area contributed by atoms with Crippen molar-refractivity contribution in [3.63, 3.8) is 0 Å². The molecule has 0 aliphatic carbocycles. The summed E-state index contributed by atoms with van der Waals surface area (Å²) in [6, 6.07) is 5.31. The van der Waals surface area contributed by atoms with Gasteiger partial charge in [0.1, 0.15) is 0 Å². The van der Waals surface area contributed by atoms with Crippen LogP contribution in [-0.2, 0) is 14.3 Å². The Morgan fingerprint density at radius 2 is 2.14 bits per heavy atom. The van der Waals surface area contributed by atoms with Crippen LogP contribution in [-0.4, -0.2) is 36.4 Å². The van der Waals surface area contributed by atoms with Gasteiger partial charge in [-0.3, -0.25) is 9.59 Å². The molecule has 6 heteroatoms. The maximum absolute atomic E-state index is 12.3. The fourth-order valence-electron chi connectivity index (χ4n) is 2.64. The molecule has 0 N–H and O–H groups in total. The topological polar surface area (TPSA) is 63.7 Å². The summed E-state index contributed by atoms with van der Waals surface area (Å²) in [4.78, 5) is 37.0. The fraction of sp³-hybridized carbons (Fsp3) is 0.438. The van der Waals surface area contributed by atoms with Gasteiger partial charge in [0.25, 0.3) is 0 Å². The molecule has 1 aliphatic rings. The largest absolute Gasteiger partial charge is 0.465 e. The number of carbonyl (C=O) groups excluding carboxylic acids is 3. The molecule has 22 heavy (non-hydrogen) atoms. The smallest absolute Gasteiger partial charge is 0.339 e. The van der Waals surface area contributed by atoms with Gasteiger partial charge in [-0.1, -0.05) is 23.9 Å². The van der Waals surface area contributed by atoms with Gasteiger partial charge in [0.15, 0.2) is 5.12 Å². The first-order valence-corrected chi connectivity index (χ1v) is 8.04. The Morgan fingerprint density at radius 1 is 1.41 bits per heavy atom. The van der Waals surface area contributed by atoms with Crippen molar-refractivity contribution in [2.24, 2.45) is 5.92 Å². The van der Waals surface area contributed by atoms with E-state index in [1.807, 2.05) is 13.0 Å². The summed E-state index contributed by atoms with van der Waals surface area (Å²) in [6.45, 7) is 3.91. The highest BCUT2D eigenvalue weighted by Crippen LogP contribution is 2.32. The zero-order valence-corrected chi connectivity index (χ0v) is 13.7. The number of thioether (sulfide) groups is 1. The molecule has 0 radical (unpaired) electrons. The molecule has 2 rings (SSSR count). The first-order chi connectivity index (χ1) is 10.4. The zero-order valence-electron chi connectivity index (χ0n) is 12.9. The fourth-order valence-corrected chi connectivity index (χ4v) is 3.33. The Labute approximate surface area is 134 Å². The predicted molar refractivity (Wildman–Crippen MR) is 86.1 cm³/mol. The first kappa shape index (κ1) is 16.5. The lowest BCUT2D eigenvalue weighted by Crippen LogP contribution is -2.28. The summed E-state index contributed by atoms with van der Waals surface area (Å²) >= 11 is 1.24. The van der Waals surface area contributed by atoms with E-state index in [-0.39, 0.29) is 16.9 Å². The molecule has 1 unspecified atom stereocenters. The number of anilines is 1. The zero-order chi connectivity index (χ0) is 16.3. The van der Waals surface area contributed by atoms with Crippen molar-refractivity contribution in [3.05, 3.63) is 29.3 Å². The molecule has 1 saturated heterocycles. The summed E-state index contributed by atoms with van der Waals surface area (Å²) in [5.74, 6) is 0.268. The predicted octanol–water partition coefficient (Wildman–Crippen LogP) is 2.41. The van der Waals surface area contributed by atoms with Gasteiger partial charge in [0.05, 0.1) is 18.4 Å². The number of benzene rings is 1. The van der Waals surface area contributed by atoms with Crippen LogP contribution in [0.15, 0.2) is 18.2 Å². The summed E-state index contributed by atoms with van der Waals surface area (Å²) in [5.41, 5.74) is 1.88. The number of esters is 1. The third-order valence-electron chi connectivity index (χ3n) is 3.64. The lowest BCUT2D eigenvalue weighted by atomic mass is 10.1. The molecular weight excluding hydrogens is 302 g/mol. The number of carbonyl (C=O) groups is 3. The van der Waals surface area contributed by atoms with Crippen LogP contribution in [0.2, 0.25) is 0 Å². The second kappa shape index (κ2) is 6.96. The molecule has 0 aromatic heterocycles. The van der Waals surface area contributed by atoms with E-state index in [0.717, 1.165) is 5.56 Å². The number of aryl methyl sites for hydroxylation is 1. The van der Waals surface area contributed by atoms with E-state index < -0.39 is 5.97 Å². The molecule has 1 aliphatic heterocycles. The highest BCUT2D eigenvalue weighted by Gasteiger charge is 2.33. The number of hydrogen-bond acceptors (Lipinski definition) is 5. The molecule has 1 atom stereocenters. The number of hydrogen-bond donors (Lipinski definition) is 0. The standard InChI is InChI=1S/C16H19NO4S/c1-10-5-4-6-13(16(20)21-3)15(10)17-8-12(7-14(17)19)9-22-11(2)18/h4-6,12H,7-9H2,1-3H3. The number of ether oxygens (including phenoxy) is 1. The van der Waals surface area contributed by atoms with Crippen LogP contribution in [0.4, 0.5) is 5.69 Å². The van der Waals surface area contributed by atoms with Crippen LogP contribution in [0.25, 0.3) is 0 Å². The summed E-state index contributed by atoms with van der Waals surface area (Å²) < 4.78 is 4.81. The van der Waals surface area contributed by atoms with Gasteiger partial charge in [0.2, 0.25) is 5.91 Å². The average molecular weight is 321 g/mol. The van der Waals surface area contributed by atoms with E-state index in [0.29, 0.717) is 30.0 Å². The summed E-state index contributed by atoms with van der Waals surface area (Å²) in [7, 11) is 1.33. The number of para-hydroxylation sites is 1. The third kappa shape index (κ3) is 3.50. The molecule has 0 saturated carbocycles. The molecule has 118 valence electrons. The van der Waals surface area contributed by atoms with Crippen molar-refractivity contribution in [1.82, 2.24) is 0 Å². The lowest BCUT2D eigenvalue weighted by molar-refractivity contribution is -0.117. The molecule has 1 aromatic carbocycles. The van der Waals surface area contributed by atoms with Crippen molar-refractivity contribution >= 4 is 34.4 Å². The highest BCUT2D eigenvalue weighted by atomic mass is 32.2. The minimum Gasteiger partial charge on any atom is -0.465 e. The van der Waals surface area contributed by atoms with Crippen molar-refractivity contribution in [1.29, 1.82) is 0 Å². The van der Waals surface area contributed by atoms with Gasteiger partial charge in [-0.2, -0.15) is 0 Å².